The molecule has 0 amide bonds. The van der Waals surface area contributed by atoms with Crippen molar-refractivity contribution in [1.82, 2.24) is 4.57 Å². The van der Waals surface area contributed by atoms with Crippen molar-refractivity contribution in [2.45, 2.75) is 23.5 Å². The van der Waals surface area contributed by atoms with Crippen molar-refractivity contribution < 1.29 is 8.42 Å². The van der Waals surface area contributed by atoms with E-state index >= 15 is 0 Å². The van der Waals surface area contributed by atoms with Gasteiger partial charge < -0.3 is 4.57 Å². The zero-order valence-electron chi connectivity index (χ0n) is 17.4. The Bertz CT molecular complexity index is 1280. The predicted octanol–water partition coefficient (Wildman–Crippen LogP) is 5.78. The van der Waals surface area contributed by atoms with Crippen molar-refractivity contribution in [3.05, 3.63) is 114 Å². The number of hydrogen-bond donors (Lipinski definition) is 0. The number of aromatic nitrogens is 1. The summed E-state index contributed by atoms with van der Waals surface area (Å²) in [7, 11) is -1.96. The highest BCUT2D eigenvalue weighted by Crippen LogP contribution is 2.46. The van der Waals surface area contributed by atoms with Gasteiger partial charge in [-0.1, -0.05) is 91.0 Å². The summed E-state index contributed by atoms with van der Waals surface area (Å²) in [4.78, 5) is 0.381. The second-order valence-corrected chi connectivity index (χ2v) is 9.52. The maximum absolute atomic E-state index is 14.6. The highest BCUT2D eigenvalue weighted by Gasteiger charge is 2.47. The van der Waals surface area contributed by atoms with Crippen LogP contribution in [0.25, 0.3) is 10.9 Å². The zero-order chi connectivity index (χ0) is 21.4. The third-order valence-corrected chi connectivity index (χ3v) is 8.35. The minimum Gasteiger partial charge on any atom is -0.347 e. The van der Waals surface area contributed by atoms with Gasteiger partial charge in [0, 0.05) is 23.6 Å². The first-order valence-corrected chi connectivity index (χ1v) is 11.5. The number of hydrogen-bond acceptors (Lipinski definition) is 2. The first-order valence-electron chi connectivity index (χ1n) is 9.98. The average molecular weight is 416 g/mol. The lowest BCUT2D eigenvalue weighted by atomic mass is 9.90. The van der Waals surface area contributed by atoms with Gasteiger partial charge in [-0.05, 0) is 31.0 Å². The molecule has 0 N–H and O–H groups in total. The van der Waals surface area contributed by atoms with E-state index in [9.17, 15) is 8.42 Å². The largest absolute Gasteiger partial charge is 0.347 e. The molecule has 0 saturated carbocycles. The zero-order valence-corrected chi connectivity index (χ0v) is 18.2. The van der Waals surface area contributed by atoms with Gasteiger partial charge >= 0.3 is 0 Å². The number of aryl methyl sites for hydroxylation is 1. The molecule has 152 valence electrons. The third kappa shape index (κ3) is 2.83. The van der Waals surface area contributed by atoms with Gasteiger partial charge in [0.15, 0.2) is 9.84 Å². The number of benzene rings is 3. The molecule has 4 rings (SSSR count). The molecule has 1 heterocycles. The van der Waals surface area contributed by atoms with Crippen LogP contribution in [0.5, 0.6) is 0 Å². The summed E-state index contributed by atoms with van der Waals surface area (Å²) < 4.78 is 29.9. The van der Waals surface area contributed by atoms with Gasteiger partial charge in [-0.3, -0.25) is 0 Å². The van der Waals surface area contributed by atoms with Crippen LogP contribution in [0.1, 0.15) is 23.7 Å². The Kier molecular flexibility index (Phi) is 5.12. The fraction of sp³-hybridized carbons (Fsp3) is 0.154. The summed E-state index contributed by atoms with van der Waals surface area (Å²) in [6, 6.07) is 26.6. The monoisotopic (exact) mass is 415 g/mol. The Morgan fingerprint density at radius 1 is 0.800 bits per heavy atom. The molecule has 0 aliphatic heterocycles. The van der Waals surface area contributed by atoms with Crippen LogP contribution >= 0.6 is 0 Å². The molecule has 0 fully saturated rings. The van der Waals surface area contributed by atoms with Crippen molar-refractivity contribution in [2.24, 2.45) is 7.05 Å². The molecule has 3 nitrogen and oxygen atoms in total. The van der Waals surface area contributed by atoms with Gasteiger partial charge in [0.25, 0.3) is 0 Å². The molecule has 0 spiro atoms. The van der Waals surface area contributed by atoms with E-state index in [1.807, 2.05) is 123 Å². The summed E-state index contributed by atoms with van der Waals surface area (Å²) in [6.45, 7) is 3.75. The van der Waals surface area contributed by atoms with Crippen LogP contribution in [0, 0.1) is 6.92 Å². The molecule has 0 unspecified atom stereocenters. The van der Waals surface area contributed by atoms with Crippen molar-refractivity contribution >= 4 is 20.7 Å². The Hall–Kier alpha value is -3.11. The Morgan fingerprint density at radius 2 is 1.30 bits per heavy atom. The van der Waals surface area contributed by atoms with Crippen LogP contribution in [0.2, 0.25) is 0 Å². The summed E-state index contributed by atoms with van der Waals surface area (Å²) >= 11 is 0. The minimum absolute atomic E-state index is 0.381. The molecular weight excluding hydrogens is 390 g/mol. The number of nitrogens with zero attached hydrogens (tertiary/aromatic N) is 1. The lowest BCUT2D eigenvalue weighted by Crippen LogP contribution is -2.36. The van der Waals surface area contributed by atoms with Crippen LogP contribution in [-0.4, -0.2) is 13.0 Å². The van der Waals surface area contributed by atoms with Crippen LogP contribution < -0.4 is 0 Å². The fourth-order valence-electron chi connectivity index (χ4n) is 4.35. The fourth-order valence-corrected chi connectivity index (χ4v) is 6.87. The average Bonchev–Trinajstić information content (AvgIpc) is 3.04. The van der Waals surface area contributed by atoms with Crippen molar-refractivity contribution in [1.29, 1.82) is 0 Å². The molecule has 4 aromatic rings. The van der Waals surface area contributed by atoms with Gasteiger partial charge in [0.1, 0.15) is 4.75 Å². The first-order chi connectivity index (χ1) is 14.4. The number of para-hydroxylation sites is 1. The second-order valence-electron chi connectivity index (χ2n) is 7.46. The van der Waals surface area contributed by atoms with Gasteiger partial charge in [-0.2, -0.15) is 0 Å². The number of allylic oxidation sites excluding steroid dienone is 1. The first kappa shape index (κ1) is 20.2. The van der Waals surface area contributed by atoms with Crippen LogP contribution in [0.4, 0.5) is 0 Å². The predicted molar refractivity (Wildman–Crippen MR) is 123 cm³/mol. The summed E-state index contributed by atoms with van der Waals surface area (Å²) in [5, 5.41) is 0.748. The maximum atomic E-state index is 14.6. The molecule has 0 aliphatic carbocycles. The van der Waals surface area contributed by atoms with E-state index in [-0.39, 0.29) is 0 Å². The van der Waals surface area contributed by atoms with E-state index in [0.29, 0.717) is 4.90 Å². The van der Waals surface area contributed by atoms with Crippen molar-refractivity contribution in [2.75, 3.05) is 0 Å². The topological polar surface area (TPSA) is 39.1 Å². The normalized spacial score (nSPS) is 12.6. The summed E-state index contributed by atoms with van der Waals surface area (Å²) in [6.07, 6.45) is 3.65. The van der Waals surface area contributed by atoms with E-state index in [0.717, 1.165) is 27.7 Å². The molecule has 0 aliphatic rings. The van der Waals surface area contributed by atoms with E-state index < -0.39 is 14.6 Å². The van der Waals surface area contributed by atoms with Crippen molar-refractivity contribution in [3.63, 3.8) is 0 Å². The van der Waals surface area contributed by atoms with E-state index in [4.69, 9.17) is 0 Å². The SMILES string of the molecule is CC=CC(c1ccccc1)(c1ccccc1)S(=O)(=O)c1c(C)n(C)c2ccccc12. The highest BCUT2D eigenvalue weighted by molar-refractivity contribution is 7.93. The Morgan fingerprint density at radius 3 is 1.83 bits per heavy atom. The van der Waals surface area contributed by atoms with Gasteiger partial charge in [-0.25, -0.2) is 8.42 Å². The molecule has 0 atom stereocenters. The molecule has 0 bridgehead atoms. The van der Waals surface area contributed by atoms with Gasteiger partial charge in [-0.15, -0.1) is 0 Å². The lowest BCUT2D eigenvalue weighted by molar-refractivity contribution is 0.575. The summed E-state index contributed by atoms with van der Waals surface area (Å²) in [5.74, 6) is 0. The molecular formula is C26H25NO2S. The summed E-state index contributed by atoms with van der Waals surface area (Å²) in [5.41, 5.74) is 3.09. The standard InChI is InChI=1S/C26H25NO2S/c1-4-19-26(21-13-7-5-8-14-21,22-15-9-6-10-16-22)30(28,29)25-20(2)27(3)24-18-12-11-17-23(24)25/h4-19H,1-3H3. The number of rotatable bonds is 5. The lowest BCUT2D eigenvalue weighted by Gasteiger charge is -2.32. The number of sulfone groups is 1. The third-order valence-electron chi connectivity index (χ3n) is 5.84. The highest BCUT2D eigenvalue weighted by atomic mass is 32.2. The van der Waals surface area contributed by atoms with Crippen LogP contribution in [-0.2, 0) is 21.6 Å². The van der Waals surface area contributed by atoms with Crippen molar-refractivity contribution in [3.8, 4) is 0 Å². The van der Waals surface area contributed by atoms with Crippen LogP contribution in [0.15, 0.2) is 102 Å². The van der Waals surface area contributed by atoms with Gasteiger partial charge in [0.05, 0.1) is 4.90 Å². The minimum atomic E-state index is -3.88. The smallest absolute Gasteiger partial charge is 0.198 e. The van der Waals surface area contributed by atoms with E-state index in [1.165, 1.54) is 0 Å². The molecule has 4 heteroatoms. The number of fused-ring (bicyclic) bond motifs is 1. The Labute approximate surface area is 178 Å². The van der Waals surface area contributed by atoms with E-state index in [2.05, 4.69) is 0 Å². The maximum Gasteiger partial charge on any atom is 0.198 e. The van der Waals surface area contributed by atoms with E-state index in [1.54, 1.807) is 0 Å². The molecule has 30 heavy (non-hydrogen) atoms. The molecule has 0 radical (unpaired) electrons. The molecule has 3 aromatic carbocycles. The quantitative estimate of drug-likeness (QED) is 0.388. The molecule has 1 aromatic heterocycles. The van der Waals surface area contributed by atoms with Gasteiger partial charge in [0.2, 0.25) is 0 Å². The Balaban J connectivity index is 2.17. The molecule has 0 saturated heterocycles. The second kappa shape index (κ2) is 7.62. The van der Waals surface area contributed by atoms with Crippen LogP contribution in [0.3, 0.4) is 0 Å².